The number of carbonyl (C=O) groups is 3. The average Bonchev–Trinajstić information content (AvgIpc) is 2.96. The van der Waals surface area contributed by atoms with E-state index >= 15 is 0 Å². The number of carbonyl (C=O) groups excluding carboxylic acids is 3. The van der Waals surface area contributed by atoms with Crippen LogP contribution in [0.3, 0.4) is 0 Å². The van der Waals surface area contributed by atoms with Gasteiger partial charge in [-0.2, -0.15) is 0 Å². The number of hydrogen-bond donors (Lipinski definition) is 3. The molecule has 3 N–H and O–H groups in total. The van der Waals surface area contributed by atoms with Crippen molar-refractivity contribution in [2.24, 2.45) is 11.3 Å². The van der Waals surface area contributed by atoms with Gasteiger partial charge in [0.2, 0.25) is 11.8 Å². The van der Waals surface area contributed by atoms with Gasteiger partial charge in [0.1, 0.15) is 6.04 Å². The van der Waals surface area contributed by atoms with E-state index in [2.05, 4.69) is 15.4 Å². The Morgan fingerprint density at radius 2 is 1.47 bits per heavy atom. The van der Waals surface area contributed by atoms with Gasteiger partial charge in [0.15, 0.2) is 0 Å². The maximum Gasteiger partial charge on any atom is 0.264 e. The number of likely N-dealkylation sites (N-methyl/N-ethyl adjacent to an activating group) is 2. The zero-order chi connectivity index (χ0) is 34.3. The molecule has 45 heavy (non-hydrogen) atoms. The van der Waals surface area contributed by atoms with Crippen molar-refractivity contribution in [1.82, 2.24) is 20.3 Å². The Morgan fingerprint density at radius 3 is 1.96 bits per heavy atom. The summed E-state index contributed by atoms with van der Waals surface area (Å²) in [6.45, 7) is 19.4. The van der Waals surface area contributed by atoms with Crippen molar-refractivity contribution in [2.45, 2.75) is 97.7 Å². The summed E-state index contributed by atoms with van der Waals surface area (Å²) < 4.78 is 27.8. The number of benzene rings is 2. The average molecular weight is 641 g/mol. The summed E-state index contributed by atoms with van der Waals surface area (Å²) in [6.07, 6.45) is 1.60. The highest BCUT2D eigenvalue weighted by molar-refractivity contribution is 7.90. The largest absolute Gasteiger partial charge is 0.342 e. The Hall–Kier alpha value is -3.50. The van der Waals surface area contributed by atoms with Crippen molar-refractivity contribution in [3.63, 3.8) is 0 Å². The van der Waals surface area contributed by atoms with Crippen LogP contribution in [-0.2, 0) is 29.8 Å². The van der Waals surface area contributed by atoms with Gasteiger partial charge in [0, 0.05) is 18.0 Å². The van der Waals surface area contributed by atoms with Gasteiger partial charge in [-0.05, 0) is 49.4 Å². The van der Waals surface area contributed by atoms with E-state index in [1.54, 1.807) is 25.3 Å². The molecule has 0 aliphatic carbocycles. The van der Waals surface area contributed by atoms with Crippen LogP contribution < -0.4 is 15.4 Å². The zero-order valence-corrected chi connectivity index (χ0v) is 29.5. The Balaban J connectivity index is 2.35. The third-order valence-electron chi connectivity index (χ3n) is 8.12. The van der Waals surface area contributed by atoms with Crippen molar-refractivity contribution in [3.8, 4) is 0 Å². The highest BCUT2D eigenvalue weighted by atomic mass is 32.2. The van der Waals surface area contributed by atoms with Crippen LogP contribution in [0.2, 0.25) is 0 Å². The predicted molar refractivity (Wildman–Crippen MR) is 180 cm³/mol. The van der Waals surface area contributed by atoms with E-state index in [0.717, 1.165) is 11.1 Å². The molecule has 0 bridgehead atoms. The zero-order valence-electron chi connectivity index (χ0n) is 28.7. The molecule has 9 nitrogen and oxygen atoms in total. The van der Waals surface area contributed by atoms with Gasteiger partial charge in [-0.15, -0.1) is 0 Å². The molecule has 3 atom stereocenters. The third-order valence-corrected chi connectivity index (χ3v) is 9.47. The van der Waals surface area contributed by atoms with Crippen molar-refractivity contribution in [2.75, 3.05) is 13.6 Å². The molecule has 2 aromatic rings. The standard InChI is InChI=1S/C35H52N4O5S/c1-12-36-29(35(9,10)26-16-14-13-15-17-26)32(41)37-30(34(6,7)8)33(42)39(11)28(23(2)3)22-25(5)31(40)38-45(43,44)27-20-18-24(4)19-21-27/h13-23,28-30,36H,12H2,1-11H3,(H,37,41)(H,38,40)/b25-22+/t28-,29-,30-/m1/s1. The second-order valence-corrected chi connectivity index (χ2v) is 15.3. The van der Waals surface area contributed by atoms with Crippen LogP contribution in [0.1, 0.15) is 73.4 Å². The number of nitrogens with zero attached hydrogens (tertiary/aromatic N) is 1. The van der Waals surface area contributed by atoms with Crippen LogP contribution in [0.5, 0.6) is 0 Å². The first-order chi connectivity index (χ1) is 20.7. The maximum absolute atomic E-state index is 14.1. The number of rotatable bonds is 13. The summed E-state index contributed by atoms with van der Waals surface area (Å²) in [5, 5.41) is 6.37. The molecule has 10 heteroatoms. The molecule has 3 amide bonds. The van der Waals surface area contributed by atoms with Gasteiger partial charge in [-0.1, -0.05) is 109 Å². The van der Waals surface area contributed by atoms with Crippen LogP contribution >= 0.6 is 0 Å². The van der Waals surface area contributed by atoms with Gasteiger partial charge in [0.05, 0.1) is 17.0 Å². The first-order valence-corrected chi connectivity index (χ1v) is 16.9. The molecular weight excluding hydrogens is 588 g/mol. The molecule has 248 valence electrons. The van der Waals surface area contributed by atoms with E-state index < -0.39 is 44.9 Å². The second-order valence-electron chi connectivity index (χ2n) is 13.7. The van der Waals surface area contributed by atoms with Gasteiger partial charge in [-0.25, -0.2) is 13.1 Å². The van der Waals surface area contributed by atoms with Crippen LogP contribution in [0, 0.1) is 18.3 Å². The van der Waals surface area contributed by atoms with E-state index in [-0.39, 0.29) is 28.2 Å². The SMILES string of the molecule is CCN[C@H](C(=O)N[C@H](C(=O)N(C)[C@H](/C=C(\C)C(=O)NS(=O)(=O)c1ccc(C)cc1)C(C)C)C(C)(C)C)C(C)(C)c1ccccc1. The first-order valence-electron chi connectivity index (χ1n) is 15.4. The fourth-order valence-electron chi connectivity index (χ4n) is 5.20. The molecule has 0 radical (unpaired) electrons. The third kappa shape index (κ3) is 9.74. The van der Waals surface area contributed by atoms with Crippen LogP contribution in [0.15, 0.2) is 71.1 Å². The minimum absolute atomic E-state index is 0.0166. The molecule has 2 aromatic carbocycles. The summed E-state index contributed by atoms with van der Waals surface area (Å²) in [6, 6.07) is 13.9. The minimum Gasteiger partial charge on any atom is -0.342 e. The van der Waals surface area contributed by atoms with Crippen LogP contribution in [0.25, 0.3) is 0 Å². The highest BCUT2D eigenvalue weighted by Crippen LogP contribution is 2.29. The van der Waals surface area contributed by atoms with E-state index in [4.69, 9.17) is 0 Å². The summed E-state index contributed by atoms with van der Waals surface area (Å²) in [5.41, 5.74) is 0.813. The molecule has 0 spiro atoms. The van der Waals surface area contributed by atoms with E-state index in [1.165, 1.54) is 24.0 Å². The van der Waals surface area contributed by atoms with Crippen LogP contribution in [-0.4, -0.2) is 62.8 Å². The molecule has 0 aliphatic heterocycles. The number of hydrogen-bond acceptors (Lipinski definition) is 6. The summed E-state index contributed by atoms with van der Waals surface area (Å²) in [5.74, 6) is -1.52. The van der Waals surface area contributed by atoms with Crippen molar-refractivity contribution in [1.29, 1.82) is 0 Å². The quantitative estimate of drug-likeness (QED) is 0.272. The van der Waals surface area contributed by atoms with E-state index in [0.29, 0.717) is 6.54 Å². The number of aryl methyl sites for hydroxylation is 1. The van der Waals surface area contributed by atoms with E-state index in [9.17, 15) is 22.8 Å². The van der Waals surface area contributed by atoms with Gasteiger partial charge >= 0.3 is 0 Å². The number of amides is 3. The lowest BCUT2D eigenvalue weighted by atomic mass is 9.76. The van der Waals surface area contributed by atoms with Crippen molar-refractivity contribution in [3.05, 3.63) is 77.4 Å². The molecule has 0 aromatic heterocycles. The topological polar surface area (TPSA) is 125 Å². The molecule has 0 fully saturated rings. The number of sulfonamides is 1. The lowest BCUT2D eigenvalue weighted by Gasteiger charge is -2.40. The fraction of sp³-hybridized carbons (Fsp3) is 0.514. The smallest absolute Gasteiger partial charge is 0.264 e. The molecule has 0 saturated carbocycles. The summed E-state index contributed by atoms with van der Waals surface area (Å²) >= 11 is 0. The van der Waals surface area contributed by atoms with Crippen molar-refractivity contribution >= 4 is 27.7 Å². The minimum atomic E-state index is -4.08. The lowest BCUT2D eigenvalue weighted by Crippen LogP contribution is -2.62. The monoisotopic (exact) mass is 640 g/mol. The van der Waals surface area contributed by atoms with Crippen molar-refractivity contribution < 1.29 is 22.8 Å². The molecule has 0 unspecified atom stereocenters. The molecule has 0 aliphatic rings. The lowest BCUT2D eigenvalue weighted by molar-refractivity contribution is -0.141. The Bertz CT molecular complexity index is 1460. The highest BCUT2D eigenvalue weighted by Gasteiger charge is 2.42. The molecule has 2 rings (SSSR count). The molecule has 0 saturated heterocycles. The normalized spacial score (nSPS) is 14.8. The van der Waals surface area contributed by atoms with Gasteiger partial charge < -0.3 is 15.5 Å². The number of nitrogens with one attached hydrogen (secondary N) is 3. The fourth-order valence-corrected chi connectivity index (χ4v) is 6.22. The first kappa shape index (κ1) is 37.7. The molecular formula is C35H52N4O5S. The summed E-state index contributed by atoms with van der Waals surface area (Å²) in [7, 11) is -2.44. The Labute approximate surface area is 270 Å². The predicted octanol–water partition coefficient (Wildman–Crippen LogP) is 4.72. The van der Waals surface area contributed by atoms with Crippen LogP contribution in [0.4, 0.5) is 0 Å². The Kier molecular flexibility index (Phi) is 12.7. The second kappa shape index (κ2) is 15.2. The molecule has 0 heterocycles. The summed E-state index contributed by atoms with van der Waals surface area (Å²) in [4.78, 5) is 42.6. The maximum atomic E-state index is 14.1. The van der Waals surface area contributed by atoms with Gasteiger partial charge in [0.25, 0.3) is 15.9 Å². The van der Waals surface area contributed by atoms with Gasteiger partial charge in [-0.3, -0.25) is 14.4 Å². The Morgan fingerprint density at radius 1 is 0.911 bits per heavy atom. The van der Waals surface area contributed by atoms with E-state index in [1.807, 2.05) is 92.6 Å².